The van der Waals surface area contributed by atoms with Crippen molar-refractivity contribution in [2.75, 3.05) is 64.0 Å². The fourth-order valence-electron chi connectivity index (χ4n) is 5.97. The zero-order valence-corrected chi connectivity index (χ0v) is 20.4. The topological polar surface area (TPSA) is 68.4 Å². The van der Waals surface area contributed by atoms with Gasteiger partial charge in [-0.25, -0.2) is 10.4 Å². The lowest BCUT2D eigenvalue weighted by Crippen LogP contribution is -2.60. The Morgan fingerprint density at radius 3 is 2.59 bits per heavy atom. The number of fused-ring (bicyclic) bond motifs is 1. The summed E-state index contributed by atoms with van der Waals surface area (Å²) in [4.78, 5) is 34.1. The Morgan fingerprint density at radius 1 is 1.09 bits per heavy atom. The second-order valence-electron chi connectivity index (χ2n) is 10.3. The minimum Gasteiger partial charge on any atom is -0.377 e. The Balaban J connectivity index is 1.31. The minimum absolute atomic E-state index is 0.0652. The van der Waals surface area contributed by atoms with Crippen LogP contribution < -0.4 is 10.4 Å². The number of anilines is 1. The number of carbonyl (C=O) groups is 2. The molecule has 0 aromatic heterocycles. The van der Waals surface area contributed by atoms with Gasteiger partial charge in [0.05, 0.1) is 29.7 Å². The van der Waals surface area contributed by atoms with Crippen LogP contribution >= 0.6 is 0 Å². The van der Waals surface area contributed by atoms with Gasteiger partial charge in [-0.3, -0.25) is 19.4 Å². The molecule has 8 heteroatoms. The van der Waals surface area contributed by atoms with Crippen molar-refractivity contribution in [1.29, 1.82) is 0 Å². The lowest BCUT2D eigenvalue weighted by atomic mass is 9.83. The third-order valence-electron chi connectivity index (χ3n) is 7.92. The summed E-state index contributed by atoms with van der Waals surface area (Å²) in [5, 5.41) is 1.67. The van der Waals surface area contributed by atoms with Crippen molar-refractivity contribution < 1.29 is 14.3 Å². The van der Waals surface area contributed by atoms with Crippen molar-refractivity contribution in [3.63, 3.8) is 0 Å². The zero-order valence-electron chi connectivity index (χ0n) is 20.4. The number of hydrogen-bond donors (Lipinski definition) is 1. The molecule has 1 aromatic rings. The fourth-order valence-corrected chi connectivity index (χ4v) is 5.97. The van der Waals surface area contributed by atoms with E-state index in [1.165, 1.54) is 12.8 Å². The Labute approximate surface area is 203 Å². The fraction of sp³-hybridized carbons (Fsp3) is 0.692. The number of piperazine rings is 1. The van der Waals surface area contributed by atoms with Crippen LogP contribution in [-0.4, -0.2) is 97.6 Å². The summed E-state index contributed by atoms with van der Waals surface area (Å²) in [6, 6.07) is 9.55. The van der Waals surface area contributed by atoms with E-state index in [1.807, 2.05) is 35.2 Å². The van der Waals surface area contributed by atoms with Crippen LogP contribution in [0.4, 0.5) is 5.69 Å². The molecule has 4 atom stereocenters. The van der Waals surface area contributed by atoms with Crippen molar-refractivity contribution in [2.24, 2.45) is 11.8 Å². The van der Waals surface area contributed by atoms with Gasteiger partial charge in [-0.1, -0.05) is 31.5 Å². The van der Waals surface area contributed by atoms with Gasteiger partial charge in [-0.2, -0.15) is 0 Å². The molecule has 1 N–H and O–H groups in total. The Morgan fingerprint density at radius 2 is 1.88 bits per heavy atom. The van der Waals surface area contributed by atoms with E-state index in [0.29, 0.717) is 13.1 Å². The van der Waals surface area contributed by atoms with E-state index in [9.17, 15) is 9.59 Å². The Bertz CT molecular complexity index is 838. The molecule has 4 saturated heterocycles. The van der Waals surface area contributed by atoms with E-state index < -0.39 is 0 Å². The van der Waals surface area contributed by atoms with Crippen molar-refractivity contribution in [3.8, 4) is 0 Å². The van der Waals surface area contributed by atoms with Crippen LogP contribution in [0.2, 0.25) is 0 Å². The van der Waals surface area contributed by atoms with Gasteiger partial charge in [0.25, 0.3) is 0 Å². The summed E-state index contributed by atoms with van der Waals surface area (Å²) in [5.41, 5.74) is 4.28. The normalized spacial score (nSPS) is 30.7. The summed E-state index contributed by atoms with van der Waals surface area (Å²) in [7, 11) is 0. The average Bonchev–Trinajstić information content (AvgIpc) is 3.51. The number of nitrogens with one attached hydrogen (secondary N) is 1. The lowest BCUT2D eigenvalue weighted by molar-refractivity contribution is -0.141. The minimum atomic E-state index is -0.236. The van der Waals surface area contributed by atoms with E-state index in [4.69, 9.17) is 4.74 Å². The maximum Gasteiger partial charge on any atom is 0.247 e. The molecule has 0 bridgehead atoms. The first-order valence-electron chi connectivity index (χ1n) is 13.1. The number of hydrazine groups is 1. The number of piperidine rings is 1. The summed E-state index contributed by atoms with van der Waals surface area (Å²) in [6.07, 6.45) is 4.77. The molecule has 4 aliphatic rings. The van der Waals surface area contributed by atoms with Crippen molar-refractivity contribution in [2.45, 2.75) is 44.8 Å². The highest BCUT2D eigenvalue weighted by atomic mass is 16.5. The molecule has 186 valence electrons. The number of likely N-dealkylation sites (tertiary alicyclic amines) is 1. The van der Waals surface area contributed by atoms with Crippen LogP contribution in [-0.2, 0) is 14.3 Å². The number of nitrogens with zero attached hydrogens (tertiary/aromatic N) is 4. The van der Waals surface area contributed by atoms with Crippen LogP contribution in [0.25, 0.3) is 0 Å². The van der Waals surface area contributed by atoms with E-state index in [-0.39, 0.29) is 35.8 Å². The predicted octanol–water partition coefficient (Wildman–Crippen LogP) is 1.58. The van der Waals surface area contributed by atoms with Gasteiger partial charge in [0, 0.05) is 52.4 Å². The van der Waals surface area contributed by atoms with Gasteiger partial charge in [0.1, 0.15) is 0 Å². The second-order valence-corrected chi connectivity index (χ2v) is 10.3. The smallest absolute Gasteiger partial charge is 0.247 e. The van der Waals surface area contributed by atoms with Crippen molar-refractivity contribution >= 4 is 17.5 Å². The molecule has 8 nitrogen and oxygen atoms in total. The van der Waals surface area contributed by atoms with Gasteiger partial charge in [0.2, 0.25) is 11.8 Å². The van der Waals surface area contributed by atoms with E-state index in [1.54, 1.807) is 5.01 Å². The van der Waals surface area contributed by atoms with Gasteiger partial charge < -0.3 is 9.64 Å². The first-order valence-corrected chi connectivity index (χ1v) is 13.1. The number of rotatable bonds is 7. The standard InChI is InChI=1S/C26H39N5O3/c1-2-3-11-28-12-14-30(15-13-28)25(32)22-18-29(17-21-10-7-16-34-21)19-23-24(22)27-31(26(23)33)20-8-5-4-6-9-20/h4-6,8-9,21-24,27H,2-3,7,10-19H2,1H3. The summed E-state index contributed by atoms with van der Waals surface area (Å²) >= 11 is 0. The molecule has 0 spiro atoms. The van der Waals surface area contributed by atoms with E-state index in [2.05, 4.69) is 22.1 Å². The number of amides is 2. The predicted molar refractivity (Wildman–Crippen MR) is 131 cm³/mol. The number of para-hydroxylation sites is 1. The SMILES string of the molecule is CCCCN1CCN(C(=O)C2CN(CC3CCCO3)CC3C(=O)N(c4ccccc4)NC23)CC1. The largest absolute Gasteiger partial charge is 0.377 e. The number of benzene rings is 1. The monoisotopic (exact) mass is 469 g/mol. The van der Waals surface area contributed by atoms with Gasteiger partial charge >= 0.3 is 0 Å². The van der Waals surface area contributed by atoms with Crippen LogP contribution in [0.1, 0.15) is 32.6 Å². The number of carbonyl (C=O) groups excluding carboxylic acids is 2. The van der Waals surface area contributed by atoms with Crippen LogP contribution in [0.3, 0.4) is 0 Å². The number of unbranched alkanes of at least 4 members (excludes halogenated alkanes) is 1. The maximum atomic E-state index is 13.8. The van der Waals surface area contributed by atoms with E-state index in [0.717, 1.165) is 64.4 Å². The molecule has 4 heterocycles. The third-order valence-corrected chi connectivity index (χ3v) is 7.92. The Hall–Kier alpha value is -2.00. The molecule has 4 unspecified atom stereocenters. The van der Waals surface area contributed by atoms with Crippen LogP contribution in [0, 0.1) is 11.8 Å². The molecule has 34 heavy (non-hydrogen) atoms. The summed E-state index contributed by atoms with van der Waals surface area (Å²) < 4.78 is 5.89. The summed E-state index contributed by atoms with van der Waals surface area (Å²) in [5.74, 6) is -0.206. The highest BCUT2D eigenvalue weighted by Gasteiger charge is 2.52. The second kappa shape index (κ2) is 10.7. The van der Waals surface area contributed by atoms with Crippen LogP contribution in [0.5, 0.6) is 0 Å². The lowest BCUT2D eigenvalue weighted by Gasteiger charge is -2.42. The Kier molecular flexibility index (Phi) is 7.49. The molecule has 0 saturated carbocycles. The zero-order chi connectivity index (χ0) is 23.5. The molecule has 5 rings (SSSR count). The van der Waals surface area contributed by atoms with Crippen molar-refractivity contribution in [1.82, 2.24) is 20.1 Å². The average molecular weight is 470 g/mol. The number of hydrogen-bond acceptors (Lipinski definition) is 6. The quantitative estimate of drug-likeness (QED) is 0.654. The van der Waals surface area contributed by atoms with Crippen LogP contribution in [0.15, 0.2) is 30.3 Å². The highest BCUT2D eigenvalue weighted by molar-refractivity contribution is 5.98. The molecule has 4 fully saturated rings. The van der Waals surface area contributed by atoms with Gasteiger partial charge in [0.15, 0.2) is 0 Å². The molecule has 2 amide bonds. The molecule has 4 aliphatic heterocycles. The highest BCUT2D eigenvalue weighted by Crippen LogP contribution is 2.33. The third kappa shape index (κ3) is 5.00. The number of ether oxygens (including phenoxy) is 1. The molecule has 0 aliphatic carbocycles. The summed E-state index contributed by atoms with van der Waals surface area (Å²) in [6.45, 7) is 9.74. The van der Waals surface area contributed by atoms with Gasteiger partial charge in [-0.15, -0.1) is 0 Å². The molecule has 1 aromatic carbocycles. The molecular formula is C26H39N5O3. The molecular weight excluding hydrogens is 430 g/mol. The first-order chi connectivity index (χ1) is 16.6. The maximum absolute atomic E-state index is 13.8. The van der Waals surface area contributed by atoms with E-state index >= 15 is 0 Å². The van der Waals surface area contributed by atoms with Crippen molar-refractivity contribution in [3.05, 3.63) is 30.3 Å². The van der Waals surface area contributed by atoms with Gasteiger partial charge in [-0.05, 0) is 37.9 Å². The molecule has 0 radical (unpaired) electrons. The first kappa shape index (κ1) is 23.7.